The fraction of sp³-hybridized carbons (Fsp3) is 0.481. The molecule has 2 fully saturated rings. The van der Waals surface area contributed by atoms with E-state index in [1.54, 1.807) is 24.3 Å². The molecule has 1 heterocycles. The number of hydrogen-bond acceptors (Lipinski definition) is 4. The van der Waals surface area contributed by atoms with Gasteiger partial charge in [-0.1, -0.05) is 12.1 Å². The smallest absolute Gasteiger partial charge is 0.348 e. The molecule has 204 valence electrons. The molecule has 0 bridgehead atoms. The normalized spacial score (nSPS) is 20.5. The van der Waals surface area contributed by atoms with Gasteiger partial charge < -0.3 is 9.88 Å². The lowest BCUT2D eigenvalue weighted by atomic mass is 9.80. The van der Waals surface area contributed by atoms with Crippen molar-refractivity contribution in [2.45, 2.75) is 68.6 Å². The van der Waals surface area contributed by atoms with E-state index >= 15 is 0 Å². The summed E-state index contributed by atoms with van der Waals surface area (Å²) in [5.41, 5.74) is 2.88. The first-order valence-corrected chi connectivity index (χ1v) is 14.4. The van der Waals surface area contributed by atoms with Crippen LogP contribution in [-0.4, -0.2) is 37.1 Å². The number of sulfonamides is 1. The number of amides is 1. The van der Waals surface area contributed by atoms with Gasteiger partial charge in [-0.25, -0.2) is 18.1 Å². The summed E-state index contributed by atoms with van der Waals surface area (Å²) in [5.74, 6) is -0.388. The first-order chi connectivity index (χ1) is 18.0. The number of nitrogens with zero attached hydrogens (tertiary/aromatic N) is 2. The van der Waals surface area contributed by atoms with Crippen LogP contribution in [0.25, 0.3) is 11.0 Å². The predicted molar refractivity (Wildman–Crippen MR) is 137 cm³/mol. The summed E-state index contributed by atoms with van der Waals surface area (Å²) in [6, 6.07) is 12.1. The van der Waals surface area contributed by atoms with Crippen molar-refractivity contribution >= 4 is 27.0 Å². The summed E-state index contributed by atoms with van der Waals surface area (Å²) in [4.78, 5) is 17.8. The Hall–Kier alpha value is -2.92. The molecule has 2 saturated carbocycles. The number of carbonyl (C=O) groups excluding carboxylic acids is 1. The first kappa shape index (κ1) is 26.7. The Morgan fingerprint density at radius 2 is 1.71 bits per heavy atom. The molecule has 38 heavy (non-hydrogen) atoms. The molecule has 2 aliphatic carbocycles. The highest BCUT2D eigenvalue weighted by Crippen LogP contribution is 2.42. The lowest BCUT2D eigenvalue weighted by molar-refractivity contribution is -0.183. The number of carbonyl (C=O) groups is 1. The number of nitrogens with one attached hydrogen (secondary N) is 2. The van der Waals surface area contributed by atoms with Gasteiger partial charge in [-0.15, -0.1) is 0 Å². The van der Waals surface area contributed by atoms with E-state index in [0.29, 0.717) is 36.4 Å². The zero-order chi connectivity index (χ0) is 27.1. The average molecular weight is 549 g/mol. The number of halogens is 3. The molecule has 0 aliphatic heterocycles. The van der Waals surface area contributed by atoms with Gasteiger partial charge in [0.05, 0.1) is 21.8 Å². The minimum absolute atomic E-state index is 0.149. The molecule has 2 aliphatic rings. The lowest BCUT2D eigenvalue weighted by Gasteiger charge is -2.29. The van der Waals surface area contributed by atoms with Crippen LogP contribution < -0.4 is 10.0 Å². The molecule has 2 N–H and O–H groups in total. The Balaban J connectivity index is 1.27. The quantitative estimate of drug-likeness (QED) is 0.409. The van der Waals surface area contributed by atoms with Gasteiger partial charge in [0.25, 0.3) is 5.91 Å². The Bertz CT molecular complexity index is 1420. The van der Waals surface area contributed by atoms with Crippen LogP contribution in [0.2, 0.25) is 0 Å². The molecule has 0 atom stereocenters. The first-order valence-electron chi connectivity index (χ1n) is 12.9. The lowest BCUT2D eigenvalue weighted by Crippen LogP contribution is -2.28. The zero-order valence-corrected chi connectivity index (χ0v) is 21.9. The molecular weight excluding hydrogens is 517 g/mol. The molecular formula is C27H31F3N4O3S. The summed E-state index contributed by atoms with van der Waals surface area (Å²) in [5, 5.41) is 2.86. The van der Waals surface area contributed by atoms with E-state index in [2.05, 4.69) is 14.6 Å². The van der Waals surface area contributed by atoms with Crippen LogP contribution >= 0.6 is 0 Å². The van der Waals surface area contributed by atoms with Crippen molar-refractivity contribution in [3.8, 4) is 0 Å². The molecule has 3 aromatic rings. The van der Waals surface area contributed by atoms with Crippen molar-refractivity contribution < 1.29 is 26.4 Å². The van der Waals surface area contributed by atoms with Crippen LogP contribution in [0.3, 0.4) is 0 Å². The van der Waals surface area contributed by atoms with Crippen molar-refractivity contribution in [2.75, 3.05) is 7.05 Å². The van der Waals surface area contributed by atoms with E-state index < -0.39 is 22.1 Å². The fourth-order valence-corrected chi connectivity index (χ4v) is 6.04. The second kappa shape index (κ2) is 10.3. The van der Waals surface area contributed by atoms with E-state index in [-0.39, 0.29) is 36.1 Å². The van der Waals surface area contributed by atoms with Gasteiger partial charge in [-0.2, -0.15) is 13.2 Å². The molecule has 0 radical (unpaired) electrons. The summed E-state index contributed by atoms with van der Waals surface area (Å²) >= 11 is 0. The highest BCUT2D eigenvalue weighted by molar-refractivity contribution is 7.89. The maximum atomic E-state index is 13.1. The Labute approximate surface area is 219 Å². The Morgan fingerprint density at radius 3 is 2.32 bits per heavy atom. The van der Waals surface area contributed by atoms with Gasteiger partial charge in [0.1, 0.15) is 5.82 Å². The molecule has 0 unspecified atom stereocenters. The maximum Gasteiger partial charge on any atom is 0.391 e. The highest BCUT2D eigenvalue weighted by Gasteiger charge is 2.41. The number of imidazole rings is 1. The van der Waals surface area contributed by atoms with Crippen LogP contribution in [0.1, 0.15) is 66.3 Å². The van der Waals surface area contributed by atoms with E-state index in [1.807, 2.05) is 6.07 Å². The SMILES string of the molecule is CNS(=O)(=O)c1ccc(CNC(=O)c2ccc3c(c2)nc(CC2CCC(C(F)(F)F)CC2)n3C2CC2)cc1. The highest BCUT2D eigenvalue weighted by atomic mass is 32.2. The summed E-state index contributed by atoms with van der Waals surface area (Å²) in [6.07, 6.45) is 0.0929. The number of aromatic nitrogens is 2. The molecule has 1 aromatic heterocycles. The monoisotopic (exact) mass is 548 g/mol. The third kappa shape index (κ3) is 5.73. The van der Waals surface area contributed by atoms with Gasteiger partial charge >= 0.3 is 6.18 Å². The number of benzene rings is 2. The van der Waals surface area contributed by atoms with Gasteiger partial charge in [-0.05, 0) is 87.4 Å². The molecule has 5 rings (SSSR count). The molecule has 11 heteroatoms. The topological polar surface area (TPSA) is 93.1 Å². The molecule has 1 amide bonds. The van der Waals surface area contributed by atoms with Crippen molar-refractivity contribution in [1.82, 2.24) is 19.6 Å². The molecule has 2 aromatic carbocycles. The van der Waals surface area contributed by atoms with E-state index in [1.165, 1.54) is 19.2 Å². The van der Waals surface area contributed by atoms with Crippen LogP contribution in [0.5, 0.6) is 0 Å². The van der Waals surface area contributed by atoms with Crippen LogP contribution in [0.4, 0.5) is 13.2 Å². The van der Waals surface area contributed by atoms with Crippen molar-refractivity contribution in [3.05, 3.63) is 59.4 Å². The minimum atomic E-state index is -4.11. The maximum absolute atomic E-state index is 13.1. The summed E-state index contributed by atoms with van der Waals surface area (Å²) in [6.45, 7) is 0.235. The number of hydrogen-bond donors (Lipinski definition) is 2. The van der Waals surface area contributed by atoms with Crippen molar-refractivity contribution in [1.29, 1.82) is 0 Å². The number of alkyl halides is 3. The molecule has 7 nitrogen and oxygen atoms in total. The second-order valence-corrected chi connectivity index (χ2v) is 12.2. The third-order valence-electron chi connectivity index (χ3n) is 7.67. The van der Waals surface area contributed by atoms with Crippen molar-refractivity contribution in [2.24, 2.45) is 11.8 Å². The Kier molecular flexibility index (Phi) is 7.25. The summed E-state index contributed by atoms with van der Waals surface area (Å²) < 4.78 is 67.4. The van der Waals surface area contributed by atoms with E-state index in [0.717, 1.165) is 29.7 Å². The number of fused-ring (bicyclic) bond motifs is 1. The van der Waals surface area contributed by atoms with E-state index in [4.69, 9.17) is 4.98 Å². The largest absolute Gasteiger partial charge is 0.391 e. The minimum Gasteiger partial charge on any atom is -0.348 e. The predicted octanol–water partition coefficient (Wildman–Crippen LogP) is 5.12. The van der Waals surface area contributed by atoms with Crippen LogP contribution in [0.15, 0.2) is 47.4 Å². The third-order valence-corrected chi connectivity index (χ3v) is 9.10. The molecule has 0 saturated heterocycles. The van der Waals surface area contributed by atoms with Crippen molar-refractivity contribution in [3.63, 3.8) is 0 Å². The standard InChI is InChI=1S/C27H31F3N4O3S/c1-31-38(36,37)22-11-4-18(5-12-22)16-32-26(35)19-6-13-24-23(15-19)33-25(34(24)21-9-10-21)14-17-2-7-20(8-3-17)27(28,29)30/h4-6,11-13,15,17,20-21,31H,2-3,7-10,14,16H2,1H3,(H,32,35). The zero-order valence-electron chi connectivity index (χ0n) is 21.1. The van der Waals surface area contributed by atoms with Gasteiger partial charge in [0, 0.05) is 24.6 Å². The van der Waals surface area contributed by atoms with E-state index in [9.17, 15) is 26.4 Å². The van der Waals surface area contributed by atoms with Crippen LogP contribution in [-0.2, 0) is 23.0 Å². The Morgan fingerprint density at radius 1 is 1.03 bits per heavy atom. The van der Waals surface area contributed by atoms with Gasteiger partial charge in [0.15, 0.2) is 0 Å². The fourth-order valence-electron chi connectivity index (χ4n) is 5.31. The van der Waals surface area contributed by atoms with Gasteiger partial charge in [-0.3, -0.25) is 4.79 Å². The average Bonchev–Trinajstić information content (AvgIpc) is 3.67. The molecule has 0 spiro atoms. The summed E-state index contributed by atoms with van der Waals surface area (Å²) in [7, 11) is -2.18. The number of rotatable bonds is 8. The van der Waals surface area contributed by atoms with Crippen LogP contribution in [0, 0.1) is 11.8 Å². The van der Waals surface area contributed by atoms with Gasteiger partial charge in [0.2, 0.25) is 10.0 Å². The second-order valence-electron chi connectivity index (χ2n) is 10.3.